The number of amides is 1. The molecule has 1 aliphatic carbocycles. The number of carbonyl (C=O) groups excluding carboxylic acids is 1. The molecule has 0 aliphatic heterocycles. The highest BCUT2D eigenvalue weighted by Crippen LogP contribution is 2.36. The number of aliphatic carboxylic acids is 1. The van der Waals surface area contributed by atoms with Crippen LogP contribution in [0, 0.1) is 12.3 Å². The fourth-order valence-electron chi connectivity index (χ4n) is 3.35. The van der Waals surface area contributed by atoms with Gasteiger partial charge in [0.25, 0.3) is 5.91 Å². The Labute approximate surface area is 146 Å². The number of aromatic nitrogens is 1. The second-order valence-electron chi connectivity index (χ2n) is 6.72. The van der Waals surface area contributed by atoms with E-state index in [9.17, 15) is 14.7 Å². The zero-order valence-electron chi connectivity index (χ0n) is 14.2. The molecule has 0 bridgehead atoms. The van der Waals surface area contributed by atoms with Crippen molar-refractivity contribution in [2.45, 2.75) is 39.0 Å². The minimum Gasteiger partial charge on any atom is -0.481 e. The van der Waals surface area contributed by atoms with Crippen LogP contribution in [0.25, 0.3) is 11.3 Å². The molecule has 1 heterocycles. The van der Waals surface area contributed by atoms with Gasteiger partial charge in [0, 0.05) is 12.1 Å². The lowest BCUT2D eigenvalue weighted by Crippen LogP contribution is -2.44. The van der Waals surface area contributed by atoms with Crippen LogP contribution in [0.5, 0.6) is 0 Å². The first kappa shape index (κ1) is 17.2. The Morgan fingerprint density at radius 2 is 1.88 bits per heavy atom. The summed E-state index contributed by atoms with van der Waals surface area (Å²) in [5.41, 5.74) is 1.18. The van der Waals surface area contributed by atoms with E-state index in [1.165, 1.54) is 6.39 Å². The van der Waals surface area contributed by atoms with Gasteiger partial charge in [-0.05, 0) is 19.8 Å². The Hall–Kier alpha value is -2.63. The first-order chi connectivity index (χ1) is 12.0. The molecular formula is C19H22N2O4. The molecule has 3 rings (SSSR count). The SMILES string of the molecule is Cc1ccc(-c2ocnc2C(=O)NCC2(C(=O)O)CCCCC2)cc1. The van der Waals surface area contributed by atoms with Gasteiger partial charge in [0.2, 0.25) is 0 Å². The lowest BCUT2D eigenvalue weighted by molar-refractivity contribution is -0.150. The highest BCUT2D eigenvalue weighted by Gasteiger charge is 2.40. The lowest BCUT2D eigenvalue weighted by atomic mass is 9.74. The Morgan fingerprint density at radius 1 is 1.20 bits per heavy atom. The van der Waals surface area contributed by atoms with Gasteiger partial charge in [-0.15, -0.1) is 0 Å². The van der Waals surface area contributed by atoms with Gasteiger partial charge in [-0.3, -0.25) is 9.59 Å². The smallest absolute Gasteiger partial charge is 0.311 e. The molecule has 6 heteroatoms. The van der Waals surface area contributed by atoms with Crippen LogP contribution in [0.3, 0.4) is 0 Å². The number of benzene rings is 1. The molecule has 1 amide bonds. The highest BCUT2D eigenvalue weighted by atomic mass is 16.4. The number of oxazole rings is 1. The van der Waals surface area contributed by atoms with Crippen LogP contribution in [-0.4, -0.2) is 28.5 Å². The van der Waals surface area contributed by atoms with E-state index in [0.717, 1.165) is 30.4 Å². The topological polar surface area (TPSA) is 92.4 Å². The van der Waals surface area contributed by atoms with Crippen molar-refractivity contribution >= 4 is 11.9 Å². The minimum atomic E-state index is -0.873. The highest BCUT2D eigenvalue weighted by molar-refractivity contribution is 5.97. The number of carboxylic acid groups (broad SMARTS) is 1. The standard InChI is InChI=1S/C19H22N2O4/c1-13-5-7-14(8-6-13)16-15(21-12-25-16)17(22)20-11-19(18(23)24)9-3-2-4-10-19/h5-8,12H,2-4,9-11H2,1H3,(H,20,22)(H,23,24). The van der Waals surface area contributed by atoms with Crippen molar-refractivity contribution in [3.8, 4) is 11.3 Å². The van der Waals surface area contributed by atoms with Crippen LogP contribution >= 0.6 is 0 Å². The third kappa shape index (κ3) is 3.57. The largest absolute Gasteiger partial charge is 0.481 e. The van der Waals surface area contributed by atoms with E-state index < -0.39 is 17.3 Å². The molecule has 0 atom stereocenters. The molecule has 2 aromatic rings. The van der Waals surface area contributed by atoms with E-state index in [-0.39, 0.29) is 12.2 Å². The second kappa shape index (κ2) is 7.09. The molecule has 0 saturated heterocycles. The quantitative estimate of drug-likeness (QED) is 0.868. The molecule has 0 unspecified atom stereocenters. The summed E-state index contributed by atoms with van der Waals surface area (Å²) in [7, 11) is 0. The van der Waals surface area contributed by atoms with Crippen molar-refractivity contribution in [3.63, 3.8) is 0 Å². The van der Waals surface area contributed by atoms with Crippen molar-refractivity contribution in [2.24, 2.45) is 5.41 Å². The van der Waals surface area contributed by atoms with Crippen molar-refractivity contribution < 1.29 is 19.1 Å². The predicted octanol–water partition coefficient (Wildman–Crippen LogP) is 3.41. The minimum absolute atomic E-state index is 0.112. The summed E-state index contributed by atoms with van der Waals surface area (Å²) >= 11 is 0. The summed E-state index contributed by atoms with van der Waals surface area (Å²) in [4.78, 5) is 28.3. The zero-order valence-corrected chi connectivity index (χ0v) is 14.2. The maximum atomic E-state index is 12.5. The number of hydrogen-bond donors (Lipinski definition) is 2. The number of nitrogens with zero attached hydrogens (tertiary/aromatic N) is 1. The molecule has 2 N–H and O–H groups in total. The molecular weight excluding hydrogens is 320 g/mol. The molecule has 132 valence electrons. The van der Waals surface area contributed by atoms with Crippen molar-refractivity contribution in [1.82, 2.24) is 10.3 Å². The summed E-state index contributed by atoms with van der Waals surface area (Å²) in [5.74, 6) is -0.854. The molecule has 1 aliphatic rings. The van der Waals surface area contributed by atoms with Crippen LogP contribution in [0.15, 0.2) is 35.1 Å². The van der Waals surface area contributed by atoms with E-state index in [4.69, 9.17) is 4.42 Å². The summed E-state index contributed by atoms with van der Waals surface area (Å²) in [5, 5.41) is 12.4. The molecule has 0 spiro atoms. The molecule has 6 nitrogen and oxygen atoms in total. The zero-order chi connectivity index (χ0) is 17.9. The fraction of sp³-hybridized carbons (Fsp3) is 0.421. The van der Waals surface area contributed by atoms with E-state index in [1.807, 2.05) is 31.2 Å². The first-order valence-corrected chi connectivity index (χ1v) is 8.54. The lowest BCUT2D eigenvalue weighted by Gasteiger charge is -2.33. The number of nitrogens with one attached hydrogen (secondary N) is 1. The number of rotatable bonds is 5. The molecule has 1 aromatic carbocycles. The van der Waals surface area contributed by atoms with Gasteiger partial charge in [0.15, 0.2) is 17.8 Å². The third-order valence-corrected chi connectivity index (χ3v) is 4.95. The Bertz CT molecular complexity index is 758. The number of carboxylic acids is 1. The maximum absolute atomic E-state index is 12.5. The predicted molar refractivity (Wildman–Crippen MR) is 92.2 cm³/mol. The number of carbonyl (C=O) groups is 2. The normalized spacial score (nSPS) is 16.4. The van der Waals surface area contributed by atoms with Gasteiger partial charge >= 0.3 is 5.97 Å². The summed E-state index contributed by atoms with van der Waals surface area (Å²) in [6.07, 6.45) is 5.21. The first-order valence-electron chi connectivity index (χ1n) is 8.54. The second-order valence-corrected chi connectivity index (χ2v) is 6.72. The molecule has 25 heavy (non-hydrogen) atoms. The average Bonchev–Trinajstić information content (AvgIpc) is 3.11. The monoisotopic (exact) mass is 342 g/mol. The summed E-state index contributed by atoms with van der Waals surface area (Å²) < 4.78 is 5.39. The van der Waals surface area contributed by atoms with E-state index >= 15 is 0 Å². The van der Waals surface area contributed by atoms with Gasteiger partial charge in [-0.1, -0.05) is 49.1 Å². The molecule has 1 saturated carbocycles. The van der Waals surface area contributed by atoms with Crippen LogP contribution < -0.4 is 5.32 Å². The van der Waals surface area contributed by atoms with Gasteiger partial charge in [0.1, 0.15) is 0 Å². The summed E-state index contributed by atoms with van der Waals surface area (Å²) in [6, 6.07) is 7.60. The third-order valence-electron chi connectivity index (χ3n) is 4.95. The Morgan fingerprint density at radius 3 is 2.52 bits per heavy atom. The Balaban J connectivity index is 1.75. The molecule has 0 radical (unpaired) electrons. The van der Waals surface area contributed by atoms with Crippen molar-refractivity contribution in [3.05, 3.63) is 41.9 Å². The Kier molecular flexibility index (Phi) is 4.88. The van der Waals surface area contributed by atoms with Gasteiger partial charge in [-0.2, -0.15) is 0 Å². The van der Waals surface area contributed by atoms with Gasteiger partial charge in [-0.25, -0.2) is 4.98 Å². The fourth-order valence-corrected chi connectivity index (χ4v) is 3.35. The molecule has 1 aromatic heterocycles. The van der Waals surface area contributed by atoms with E-state index in [1.54, 1.807) is 0 Å². The summed E-state index contributed by atoms with van der Waals surface area (Å²) in [6.45, 7) is 2.09. The van der Waals surface area contributed by atoms with Gasteiger partial charge in [0.05, 0.1) is 5.41 Å². The van der Waals surface area contributed by atoms with Crippen molar-refractivity contribution in [2.75, 3.05) is 6.54 Å². The van der Waals surface area contributed by atoms with Crippen LogP contribution in [-0.2, 0) is 4.79 Å². The van der Waals surface area contributed by atoms with E-state index in [2.05, 4.69) is 10.3 Å². The van der Waals surface area contributed by atoms with Crippen LogP contribution in [0.1, 0.15) is 48.2 Å². The molecule has 1 fully saturated rings. The number of aryl methyl sites for hydroxylation is 1. The number of hydrogen-bond acceptors (Lipinski definition) is 4. The van der Waals surface area contributed by atoms with Crippen LogP contribution in [0.2, 0.25) is 0 Å². The maximum Gasteiger partial charge on any atom is 0.311 e. The van der Waals surface area contributed by atoms with E-state index in [0.29, 0.717) is 18.6 Å². The van der Waals surface area contributed by atoms with Crippen molar-refractivity contribution in [1.29, 1.82) is 0 Å². The average molecular weight is 342 g/mol. The van der Waals surface area contributed by atoms with Gasteiger partial charge < -0.3 is 14.8 Å². The van der Waals surface area contributed by atoms with Crippen LogP contribution in [0.4, 0.5) is 0 Å².